The van der Waals surface area contributed by atoms with Gasteiger partial charge < -0.3 is 10.6 Å². The van der Waals surface area contributed by atoms with Crippen LogP contribution in [0.15, 0.2) is 24.4 Å². The number of carbonyl (C=O) groups is 1. The molecule has 138 valence electrons. The maximum absolute atomic E-state index is 12.2. The van der Waals surface area contributed by atoms with E-state index < -0.39 is 0 Å². The van der Waals surface area contributed by atoms with E-state index in [0.29, 0.717) is 28.4 Å². The number of anilines is 1. The molecule has 0 aromatic carbocycles. The average Bonchev–Trinajstić information content (AvgIpc) is 3.04. The molecular weight excluding hydrogens is 381 g/mol. The van der Waals surface area contributed by atoms with E-state index in [2.05, 4.69) is 32.7 Å². The second-order valence-corrected chi connectivity index (χ2v) is 6.94. The molecule has 0 aliphatic carbocycles. The lowest BCUT2D eigenvalue weighted by molar-refractivity contribution is -0.117. The number of nitrogens with zero attached hydrogens (tertiary/aromatic N) is 3. The van der Waals surface area contributed by atoms with Gasteiger partial charge >= 0.3 is 0 Å². The summed E-state index contributed by atoms with van der Waals surface area (Å²) in [5.74, 6) is 0.950. The van der Waals surface area contributed by atoms with E-state index in [1.807, 2.05) is 18.2 Å². The van der Waals surface area contributed by atoms with Crippen LogP contribution in [-0.2, 0) is 4.79 Å². The van der Waals surface area contributed by atoms with Crippen molar-refractivity contribution in [1.82, 2.24) is 20.5 Å². The first-order chi connectivity index (χ1) is 11.2. The lowest BCUT2D eigenvalue weighted by atomic mass is 9.85. The van der Waals surface area contributed by atoms with Gasteiger partial charge in [-0.15, -0.1) is 35.0 Å². The summed E-state index contributed by atoms with van der Waals surface area (Å²) in [5, 5.41) is 15.6. The molecule has 0 radical (unpaired) electrons. The van der Waals surface area contributed by atoms with Crippen LogP contribution in [0.25, 0.3) is 10.7 Å². The van der Waals surface area contributed by atoms with Gasteiger partial charge in [0.1, 0.15) is 5.69 Å². The van der Waals surface area contributed by atoms with Crippen LogP contribution in [0.3, 0.4) is 0 Å². The normalized spacial score (nSPS) is 17.7. The Hall–Kier alpha value is -1.28. The van der Waals surface area contributed by atoms with Crippen LogP contribution in [0.1, 0.15) is 26.2 Å². The number of piperidine rings is 1. The van der Waals surface area contributed by atoms with E-state index in [0.717, 1.165) is 18.8 Å². The molecule has 0 saturated carbocycles. The van der Waals surface area contributed by atoms with Crippen LogP contribution in [0, 0.1) is 11.8 Å². The lowest BCUT2D eigenvalue weighted by Crippen LogP contribution is -2.34. The summed E-state index contributed by atoms with van der Waals surface area (Å²) < 4.78 is 0. The zero-order chi connectivity index (χ0) is 16.1. The van der Waals surface area contributed by atoms with Crippen LogP contribution in [-0.4, -0.2) is 34.2 Å². The minimum atomic E-state index is 0. The molecule has 0 spiro atoms. The molecule has 2 aromatic rings. The zero-order valence-electron chi connectivity index (χ0n) is 14.0. The summed E-state index contributed by atoms with van der Waals surface area (Å²) in [6.07, 6.45) is 4.63. The Bertz CT molecular complexity index is 649. The van der Waals surface area contributed by atoms with Gasteiger partial charge in [0.2, 0.25) is 11.0 Å². The molecule has 1 amide bonds. The van der Waals surface area contributed by atoms with Crippen LogP contribution in [0.4, 0.5) is 5.13 Å². The van der Waals surface area contributed by atoms with Crippen molar-refractivity contribution >= 4 is 47.2 Å². The summed E-state index contributed by atoms with van der Waals surface area (Å²) in [7, 11) is 0. The Morgan fingerprint density at radius 2 is 2.24 bits per heavy atom. The molecule has 2 atom stereocenters. The number of carbonyl (C=O) groups excluding carboxylic acids is 1. The summed E-state index contributed by atoms with van der Waals surface area (Å²) in [6.45, 7) is 4.25. The Morgan fingerprint density at radius 3 is 2.92 bits per heavy atom. The lowest BCUT2D eigenvalue weighted by Gasteiger charge is -2.27. The number of hydrogen-bond donors (Lipinski definition) is 2. The minimum Gasteiger partial charge on any atom is -0.316 e. The van der Waals surface area contributed by atoms with E-state index in [9.17, 15) is 4.79 Å². The van der Waals surface area contributed by atoms with Gasteiger partial charge in [-0.3, -0.25) is 9.78 Å². The third-order valence-corrected chi connectivity index (χ3v) is 5.06. The van der Waals surface area contributed by atoms with Crippen molar-refractivity contribution in [3.8, 4) is 10.7 Å². The number of aromatic nitrogens is 3. The fourth-order valence-electron chi connectivity index (χ4n) is 2.86. The molecule has 9 heteroatoms. The predicted molar refractivity (Wildman–Crippen MR) is 106 cm³/mol. The summed E-state index contributed by atoms with van der Waals surface area (Å²) >= 11 is 1.35. The number of nitrogens with one attached hydrogen (secondary N) is 2. The van der Waals surface area contributed by atoms with Crippen LogP contribution in [0.2, 0.25) is 0 Å². The highest BCUT2D eigenvalue weighted by Crippen LogP contribution is 2.26. The number of rotatable bonds is 5. The fraction of sp³-hybridized carbons (Fsp3) is 0.500. The number of pyridine rings is 1. The van der Waals surface area contributed by atoms with E-state index in [4.69, 9.17) is 0 Å². The van der Waals surface area contributed by atoms with Crippen LogP contribution < -0.4 is 10.6 Å². The second kappa shape index (κ2) is 10.7. The highest BCUT2D eigenvalue weighted by molar-refractivity contribution is 7.18. The molecule has 1 saturated heterocycles. The molecule has 25 heavy (non-hydrogen) atoms. The quantitative estimate of drug-likeness (QED) is 0.799. The van der Waals surface area contributed by atoms with Crippen molar-refractivity contribution in [2.45, 2.75) is 26.2 Å². The highest BCUT2D eigenvalue weighted by Gasteiger charge is 2.22. The van der Waals surface area contributed by atoms with Gasteiger partial charge in [-0.25, -0.2) is 0 Å². The van der Waals surface area contributed by atoms with Crippen molar-refractivity contribution < 1.29 is 4.79 Å². The summed E-state index contributed by atoms with van der Waals surface area (Å²) in [4.78, 5) is 16.4. The SMILES string of the molecule is CC(CC(=O)Nc1nnc(-c2ccccn2)s1)C1CCCNC1.Cl.Cl. The Labute approximate surface area is 164 Å². The minimum absolute atomic E-state index is 0. The van der Waals surface area contributed by atoms with Crippen LogP contribution in [0.5, 0.6) is 0 Å². The van der Waals surface area contributed by atoms with Gasteiger partial charge in [0, 0.05) is 12.6 Å². The van der Waals surface area contributed by atoms with Gasteiger partial charge in [-0.05, 0) is 49.9 Å². The molecule has 2 unspecified atom stereocenters. The van der Waals surface area contributed by atoms with Crippen molar-refractivity contribution in [2.24, 2.45) is 11.8 Å². The Kier molecular flexibility index (Phi) is 9.27. The number of halogens is 2. The van der Waals surface area contributed by atoms with Crippen molar-refractivity contribution in [2.75, 3.05) is 18.4 Å². The third-order valence-electron chi connectivity index (χ3n) is 4.20. The molecule has 1 aliphatic heterocycles. The summed E-state index contributed by atoms with van der Waals surface area (Å²) in [6, 6.07) is 5.64. The van der Waals surface area contributed by atoms with E-state index in [1.165, 1.54) is 24.2 Å². The first-order valence-electron chi connectivity index (χ1n) is 7.98. The predicted octanol–water partition coefficient (Wildman–Crippen LogP) is 3.41. The maximum atomic E-state index is 12.2. The largest absolute Gasteiger partial charge is 0.316 e. The molecule has 0 bridgehead atoms. The van der Waals surface area contributed by atoms with Crippen molar-refractivity contribution in [1.29, 1.82) is 0 Å². The van der Waals surface area contributed by atoms with Crippen LogP contribution >= 0.6 is 36.2 Å². The van der Waals surface area contributed by atoms with Gasteiger partial charge in [-0.1, -0.05) is 24.3 Å². The van der Waals surface area contributed by atoms with Crippen molar-refractivity contribution in [3.63, 3.8) is 0 Å². The molecular formula is C16H23Cl2N5OS. The molecule has 6 nitrogen and oxygen atoms in total. The Morgan fingerprint density at radius 1 is 1.40 bits per heavy atom. The fourth-order valence-corrected chi connectivity index (χ4v) is 3.60. The smallest absolute Gasteiger partial charge is 0.226 e. The number of amides is 1. The molecule has 3 heterocycles. The van der Waals surface area contributed by atoms with E-state index in [-0.39, 0.29) is 30.7 Å². The summed E-state index contributed by atoms with van der Waals surface area (Å²) in [5.41, 5.74) is 0.771. The molecule has 3 rings (SSSR count). The molecule has 1 aliphatic rings. The first-order valence-corrected chi connectivity index (χ1v) is 8.79. The van der Waals surface area contributed by atoms with Gasteiger partial charge in [0.15, 0.2) is 5.01 Å². The van der Waals surface area contributed by atoms with Gasteiger partial charge in [0.25, 0.3) is 0 Å². The third kappa shape index (κ3) is 6.18. The molecule has 2 N–H and O–H groups in total. The van der Waals surface area contributed by atoms with Gasteiger partial charge in [-0.2, -0.15) is 0 Å². The van der Waals surface area contributed by atoms with E-state index >= 15 is 0 Å². The topological polar surface area (TPSA) is 79.8 Å². The monoisotopic (exact) mass is 403 g/mol. The molecule has 1 fully saturated rings. The van der Waals surface area contributed by atoms with E-state index in [1.54, 1.807) is 6.20 Å². The zero-order valence-corrected chi connectivity index (χ0v) is 16.4. The average molecular weight is 404 g/mol. The number of hydrogen-bond acceptors (Lipinski definition) is 6. The van der Waals surface area contributed by atoms with Crippen molar-refractivity contribution in [3.05, 3.63) is 24.4 Å². The maximum Gasteiger partial charge on any atom is 0.226 e. The van der Waals surface area contributed by atoms with Gasteiger partial charge in [0.05, 0.1) is 0 Å². The highest BCUT2D eigenvalue weighted by atomic mass is 35.5. The molecule has 2 aromatic heterocycles. The first kappa shape index (κ1) is 21.8. The Balaban J connectivity index is 0.00000156. The standard InChI is InChI=1S/C16H21N5OS.2ClH/c1-11(12-5-4-7-17-10-12)9-14(22)19-16-21-20-15(23-16)13-6-2-3-8-18-13;;/h2-3,6,8,11-12,17H,4-5,7,9-10H2,1H3,(H,19,21,22);2*1H. The second-order valence-electron chi connectivity index (χ2n) is 5.96.